The van der Waals surface area contributed by atoms with Crippen LogP contribution in [0, 0.1) is 5.82 Å². The number of aromatic nitrogens is 3. The summed E-state index contributed by atoms with van der Waals surface area (Å²) in [5.74, 6) is 0.558. The Morgan fingerprint density at radius 3 is 2.60 bits per heavy atom. The number of aryl methyl sites for hydroxylation is 1. The highest BCUT2D eigenvalue weighted by Gasteiger charge is 2.13. The van der Waals surface area contributed by atoms with Gasteiger partial charge in [0.25, 0.3) is 5.91 Å². The molecule has 3 rings (SSSR count). The van der Waals surface area contributed by atoms with Crippen LogP contribution in [0.2, 0.25) is 0 Å². The van der Waals surface area contributed by atoms with Gasteiger partial charge in [0.1, 0.15) is 11.6 Å². The van der Waals surface area contributed by atoms with Crippen LogP contribution in [0.3, 0.4) is 0 Å². The van der Waals surface area contributed by atoms with Crippen molar-refractivity contribution >= 4 is 11.7 Å². The molecular formula is C23H28FN5O. The fraction of sp³-hybridized carbons (Fsp3) is 0.348. The lowest BCUT2D eigenvalue weighted by Crippen LogP contribution is -2.28. The Hall–Kier alpha value is -3.22. The fourth-order valence-electron chi connectivity index (χ4n) is 3.36. The number of hydrogen-bond donors (Lipinski definition) is 1. The molecule has 0 aliphatic heterocycles. The predicted molar refractivity (Wildman–Crippen MR) is 117 cm³/mol. The molecule has 30 heavy (non-hydrogen) atoms. The second kappa shape index (κ2) is 10.0. The van der Waals surface area contributed by atoms with Crippen molar-refractivity contribution in [3.8, 4) is 11.3 Å². The van der Waals surface area contributed by atoms with E-state index in [-0.39, 0.29) is 11.7 Å². The molecule has 2 heterocycles. The van der Waals surface area contributed by atoms with Crippen molar-refractivity contribution in [2.45, 2.75) is 26.7 Å². The van der Waals surface area contributed by atoms with Gasteiger partial charge in [0, 0.05) is 44.1 Å². The van der Waals surface area contributed by atoms with Crippen LogP contribution in [0.5, 0.6) is 0 Å². The molecule has 1 amide bonds. The Labute approximate surface area is 176 Å². The molecule has 6 nitrogen and oxygen atoms in total. The maximum Gasteiger partial charge on any atom is 0.255 e. The molecule has 0 aliphatic carbocycles. The van der Waals surface area contributed by atoms with Gasteiger partial charge in [-0.3, -0.25) is 9.89 Å². The number of carbonyl (C=O) groups excluding carboxylic acids is 1. The van der Waals surface area contributed by atoms with E-state index in [0.717, 1.165) is 43.0 Å². The summed E-state index contributed by atoms with van der Waals surface area (Å²) in [5, 5.41) is 7.26. The Morgan fingerprint density at radius 2 is 1.93 bits per heavy atom. The number of rotatable bonds is 9. The topological polar surface area (TPSA) is 65.1 Å². The van der Waals surface area contributed by atoms with Crippen LogP contribution in [0.1, 0.15) is 36.3 Å². The van der Waals surface area contributed by atoms with Crippen LogP contribution in [0.4, 0.5) is 10.2 Å². The minimum atomic E-state index is -0.281. The molecule has 158 valence electrons. The van der Waals surface area contributed by atoms with E-state index in [1.807, 2.05) is 24.3 Å². The number of anilines is 1. The SMILES string of the molecule is CCN(CC)c1ccc(C(=O)N(C)CCCc2cc(-c3cccc(F)c3)n[nH]2)cn1. The normalized spacial score (nSPS) is 10.8. The third kappa shape index (κ3) is 5.23. The quantitative estimate of drug-likeness (QED) is 0.576. The van der Waals surface area contributed by atoms with Gasteiger partial charge in [-0.25, -0.2) is 9.37 Å². The molecule has 0 fully saturated rings. The van der Waals surface area contributed by atoms with Gasteiger partial charge in [-0.1, -0.05) is 12.1 Å². The summed E-state index contributed by atoms with van der Waals surface area (Å²) in [6.45, 7) is 6.54. The average Bonchev–Trinajstić information content (AvgIpc) is 3.23. The highest BCUT2D eigenvalue weighted by molar-refractivity contribution is 5.93. The Morgan fingerprint density at radius 1 is 1.13 bits per heavy atom. The summed E-state index contributed by atoms with van der Waals surface area (Å²) >= 11 is 0. The van der Waals surface area contributed by atoms with Gasteiger partial charge in [0.2, 0.25) is 0 Å². The Balaban J connectivity index is 1.52. The second-order valence-electron chi connectivity index (χ2n) is 7.20. The van der Waals surface area contributed by atoms with E-state index in [4.69, 9.17) is 0 Å². The first kappa shape index (κ1) is 21.5. The monoisotopic (exact) mass is 409 g/mol. The zero-order chi connectivity index (χ0) is 21.5. The van der Waals surface area contributed by atoms with Gasteiger partial charge in [0.15, 0.2) is 0 Å². The zero-order valence-corrected chi connectivity index (χ0v) is 17.7. The number of halogens is 1. The number of nitrogens with zero attached hydrogens (tertiary/aromatic N) is 4. The maximum atomic E-state index is 13.4. The molecule has 0 spiro atoms. The minimum Gasteiger partial charge on any atom is -0.357 e. The van der Waals surface area contributed by atoms with Gasteiger partial charge in [-0.15, -0.1) is 0 Å². The van der Waals surface area contributed by atoms with Crippen molar-refractivity contribution in [2.75, 3.05) is 31.6 Å². The van der Waals surface area contributed by atoms with E-state index in [1.165, 1.54) is 12.1 Å². The number of amides is 1. The average molecular weight is 410 g/mol. The first-order valence-corrected chi connectivity index (χ1v) is 10.3. The van der Waals surface area contributed by atoms with Gasteiger partial charge in [-0.05, 0) is 57.0 Å². The van der Waals surface area contributed by atoms with Crippen LogP contribution >= 0.6 is 0 Å². The lowest BCUT2D eigenvalue weighted by Gasteiger charge is -2.20. The van der Waals surface area contributed by atoms with Crippen LogP contribution in [0.25, 0.3) is 11.3 Å². The summed E-state index contributed by atoms with van der Waals surface area (Å²) in [6.07, 6.45) is 3.18. The van der Waals surface area contributed by atoms with E-state index in [0.29, 0.717) is 17.8 Å². The van der Waals surface area contributed by atoms with Crippen LogP contribution < -0.4 is 4.90 Å². The summed E-state index contributed by atoms with van der Waals surface area (Å²) in [7, 11) is 1.80. The Bertz CT molecular complexity index is 966. The lowest BCUT2D eigenvalue weighted by molar-refractivity contribution is 0.0793. The van der Waals surface area contributed by atoms with Gasteiger partial charge < -0.3 is 9.80 Å². The molecule has 0 bridgehead atoms. The van der Waals surface area contributed by atoms with Crippen molar-refractivity contribution in [1.82, 2.24) is 20.1 Å². The number of H-pyrrole nitrogens is 1. The molecule has 2 aromatic heterocycles. The molecule has 1 N–H and O–H groups in total. The molecule has 0 saturated heterocycles. The van der Waals surface area contributed by atoms with Gasteiger partial charge >= 0.3 is 0 Å². The standard InChI is InChI=1S/C23H28FN5O/c1-4-29(5-2)22-12-11-18(16-25-22)23(30)28(3)13-7-10-20-15-21(27-26-20)17-8-6-9-19(24)14-17/h6,8-9,11-12,14-16H,4-5,7,10,13H2,1-3H3,(H,26,27). The second-order valence-corrected chi connectivity index (χ2v) is 7.20. The number of hydrogen-bond acceptors (Lipinski definition) is 4. The first-order chi connectivity index (χ1) is 14.5. The van der Waals surface area contributed by atoms with Gasteiger partial charge in [-0.2, -0.15) is 5.10 Å². The highest BCUT2D eigenvalue weighted by Crippen LogP contribution is 2.19. The molecule has 3 aromatic rings. The fourth-order valence-corrected chi connectivity index (χ4v) is 3.36. The molecular weight excluding hydrogens is 381 g/mol. The molecule has 0 saturated carbocycles. The molecule has 0 unspecified atom stereocenters. The van der Waals surface area contributed by atoms with Crippen molar-refractivity contribution in [3.05, 3.63) is 65.7 Å². The van der Waals surface area contributed by atoms with E-state index >= 15 is 0 Å². The lowest BCUT2D eigenvalue weighted by atomic mass is 10.1. The van der Waals surface area contributed by atoms with E-state index in [2.05, 4.69) is 33.9 Å². The summed E-state index contributed by atoms with van der Waals surface area (Å²) in [4.78, 5) is 20.9. The number of aromatic amines is 1. The largest absolute Gasteiger partial charge is 0.357 e. The van der Waals surface area contributed by atoms with Crippen molar-refractivity contribution in [2.24, 2.45) is 0 Å². The first-order valence-electron chi connectivity index (χ1n) is 10.3. The van der Waals surface area contributed by atoms with Crippen LogP contribution in [-0.4, -0.2) is 52.7 Å². The van der Waals surface area contributed by atoms with Crippen LogP contribution in [-0.2, 0) is 6.42 Å². The molecule has 0 radical (unpaired) electrons. The van der Waals surface area contributed by atoms with Crippen molar-refractivity contribution in [3.63, 3.8) is 0 Å². The molecule has 0 aliphatic rings. The van der Waals surface area contributed by atoms with E-state index in [9.17, 15) is 9.18 Å². The minimum absolute atomic E-state index is 0.0429. The number of pyridine rings is 1. The van der Waals surface area contributed by atoms with E-state index < -0.39 is 0 Å². The zero-order valence-electron chi connectivity index (χ0n) is 17.7. The molecule has 1 aromatic carbocycles. The number of carbonyl (C=O) groups is 1. The summed E-state index contributed by atoms with van der Waals surface area (Å²) in [5.41, 5.74) is 3.00. The van der Waals surface area contributed by atoms with Crippen molar-refractivity contribution in [1.29, 1.82) is 0 Å². The molecule has 0 atom stereocenters. The summed E-state index contributed by atoms with van der Waals surface area (Å²) in [6, 6.07) is 12.0. The Kier molecular flexibility index (Phi) is 7.17. The third-order valence-electron chi connectivity index (χ3n) is 5.12. The van der Waals surface area contributed by atoms with E-state index in [1.54, 1.807) is 24.2 Å². The predicted octanol–water partition coefficient (Wildman–Crippen LogP) is 4.16. The van der Waals surface area contributed by atoms with Crippen molar-refractivity contribution < 1.29 is 9.18 Å². The number of nitrogens with one attached hydrogen (secondary N) is 1. The summed E-state index contributed by atoms with van der Waals surface area (Å²) < 4.78 is 13.4. The smallest absolute Gasteiger partial charge is 0.255 e. The third-order valence-corrected chi connectivity index (χ3v) is 5.12. The molecule has 7 heteroatoms. The van der Waals surface area contributed by atoms with Gasteiger partial charge in [0.05, 0.1) is 11.3 Å². The van der Waals surface area contributed by atoms with Crippen LogP contribution in [0.15, 0.2) is 48.7 Å². The highest BCUT2D eigenvalue weighted by atomic mass is 19.1. The number of benzene rings is 1. The maximum absolute atomic E-state index is 13.4.